The summed E-state index contributed by atoms with van der Waals surface area (Å²) in [6.07, 6.45) is 0.850. The number of carbonyl (C=O) groups excluding carboxylic acids is 1. The first-order valence-corrected chi connectivity index (χ1v) is 1.97. The summed E-state index contributed by atoms with van der Waals surface area (Å²) in [5, 5.41) is 9.49. The van der Waals surface area contributed by atoms with Gasteiger partial charge in [-0.2, -0.15) is 0 Å². The molecule has 2 nitrogen and oxygen atoms in total. The third kappa shape index (κ3) is 10.7. The second-order valence-electron chi connectivity index (χ2n) is 1.12. The zero-order valence-corrected chi connectivity index (χ0v) is 6.73. The number of rotatable bonds is 2. The van der Waals surface area contributed by atoms with E-state index in [4.69, 9.17) is 0 Å². The monoisotopic (exact) mass is 112 g/mol. The predicted octanol–water partition coefficient (Wildman–Crippen LogP) is -3.46. The SMILES string of the molecule is CCC[14C](=O)[O-].[Na+]. The third-order valence-electron chi connectivity index (χ3n) is 0.454. The van der Waals surface area contributed by atoms with Gasteiger partial charge in [-0.25, -0.2) is 0 Å². The van der Waals surface area contributed by atoms with Crippen LogP contribution in [0.15, 0.2) is 0 Å². The van der Waals surface area contributed by atoms with Crippen LogP contribution in [0.4, 0.5) is 0 Å². The molecular formula is C4H7NaO2. The average Bonchev–Trinajstić information content (AvgIpc) is 1.35. The Morgan fingerprint density at radius 2 is 2.14 bits per heavy atom. The zero-order valence-electron chi connectivity index (χ0n) is 4.73. The fourth-order valence-electron chi connectivity index (χ4n) is 0.204. The number of carboxylic acid groups (broad SMARTS) is 1. The van der Waals surface area contributed by atoms with Crippen molar-refractivity contribution in [1.82, 2.24) is 0 Å². The number of hydrogen-bond acceptors (Lipinski definition) is 2. The van der Waals surface area contributed by atoms with Crippen LogP contribution in [0.3, 0.4) is 0 Å². The Bertz CT molecular complexity index is 53.7. The molecule has 36 valence electrons. The maximum absolute atomic E-state index is 9.49. The van der Waals surface area contributed by atoms with Crippen molar-refractivity contribution >= 4 is 5.97 Å². The smallest absolute Gasteiger partial charge is 0.550 e. The van der Waals surface area contributed by atoms with Gasteiger partial charge in [0.15, 0.2) is 0 Å². The Balaban J connectivity index is 0. The Morgan fingerprint density at radius 3 is 2.14 bits per heavy atom. The minimum Gasteiger partial charge on any atom is -0.550 e. The summed E-state index contributed by atoms with van der Waals surface area (Å²) < 4.78 is 0. The van der Waals surface area contributed by atoms with Gasteiger partial charge in [0.1, 0.15) is 0 Å². The minimum atomic E-state index is -0.961. The van der Waals surface area contributed by atoms with Gasteiger partial charge in [-0.1, -0.05) is 13.3 Å². The number of aliphatic carboxylic acids is 1. The van der Waals surface area contributed by atoms with Gasteiger partial charge < -0.3 is 9.90 Å². The van der Waals surface area contributed by atoms with Crippen LogP contribution in [0.25, 0.3) is 0 Å². The predicted molar refractivity (Wildman–Crippen MR) is 19.9 cm³/mol. The van der Waals surface area contributed by atoms with Crippen LogP contribution in [0.5, 0.6) is 0 Å². The van der Waals surface area contributed by atoms with E-state index < -0.39 is 5.97 Å². The van der Waals surface area contributed by atoms with E-state index in [0.29, 0.717) is 6.42 Å². The van der Waals surface area contributed by atoms with Crippen LogP contribution in [0, 0.1) is 0 Å². The molecule has 0 heterocycles. The summed E-state index contributed by atoms with van der Waals surface area (Å²) >= 11 is 0. The summed E-state index contributed by atoms with van der Waals surface area (Å²) in [6, 6.07) is 0. The Labute approximate surface area is 65.2 Å². The largest absolute Gasteiger partial charge is 1.00 e. The molecule has 0 aromatic carbocycles. The van der Waals surface area contributed by atoms with Gasteiger partial charge in [-0.3, -0.25) is 0 Å². The Hall–Kier alpha value is 0.470. The minimum absolute atomic E-state index is 0. The normalized spacial score (nSPS) is 7.00. The quantitative estimate of drug-likeness (QED) is 0.348. The number of carboxylic acids is 1. The van der Waals surface area contributed by atoms with E-state index in [1.807, 2.05) is 0 Å². The van der Waals surface area contributed by atoms with Crippen molar-refractivity contribution in [3.8, 4) is 0 Å². The van der Waals surface area contributed by atoms with Crippen LogP contribution >= 0.6 is 0 Å². The van der Waals surface area contributed by atoms with Crippen LogP contribution in [0.1, 0.15) is 19.8 Å². The van der Waals surface area contributed by atoms with E-state index in [2.05, 4.69) is 0 Å². The van der Waals surface area contributed by atoms with Gasteiger partial charge in [0.05, 0.1) is 0 Å². The van der Waals surface area contributed by atoms with Crippen molar-refractivity contribution < 1.29 is 39.5 Å². The van der Waals surface area contributed by atoms with Gasteiger partial charge in [0.2, 0.25) is 0 Å². The first kappa shape index (κ1) is 10.5. The van der Waals surface area contributed by atoms with E-state index in [-0.39, 0.29) is 36.0 Å². The molecule has 0 atom stereocenters. The van der Waals surface area contributed by atoms with Crippen molar-refractivity contribution in [1.29, 1.82) is 0 Å². The van der Waals surface area contributed by atoms with E-state index in [9.17, 15) is 9.90 Å². The molecule has 0 amide bonds. The number of carbonyl (C=O) groups is 1. The van der Waals surface area contributed by atoms with E-state index in [1.54, 1.807) is 6.92 Å². The van der Waals surface area contributed by atoms with Crippen molar-refractivity contribution in [3.63, 3.8) is 0 Å². The van der Waals surface area contributed by atoms with E-state index in [1.165, 1.54) is 0 Å². The first-order chi connectivity index (χ1) is 2.77. The summed E-state index contributed by atoms with van der Waals surface area (Å²) in [7, 11) is 0. The molecule has 0 fully saturated rings. The molecule has 7 heavy (non-hydrogen) atoms. The van der Waals surface area contributed by atoms with Crippen molar-refractivity contribution in [2.45, 2.75) is 19.8 Å². The second-order valence-corrected chi connectivity index (χ2v) is 1.12. The number of hydrogen-bond donors (Lipinski definition) is 0. The molecule has 0 radical (unpaired) electrons. The van der Waals surface area contributed by atoms with Crippen molar-refractivity contribution in [2.75, 3.05) is 0 Å². The van der Waals surface area contributed by atoms with Crippen LogP contribution in [-0.2, 0) is 4.79 Å². The molecule has 0 aliphatic heterocycles. The standard InChI is InChI=1S/C4H8O2.Na/c1-2-3-4(5)6;/h2-3H2,1H3,(H,5,6);/q;+1/p-1/i4+2;. The maximum atomic E-state index is 9.49. The van der Waals surface area contributed by atoms with Crippen LogP contribution < -0.4 is 34.7 Å². The molecule has 3 heteroatoms. The molecule has 0 aromatic rings. The van der Waals surface area contributed by atoms with Crippen LogP contribution in [-0.4, -0.2) is 5.97 Å². The van der Waals surface area contributed by atoms with Crippen LogP contribution in [0.2, 0.25) is 0 Å². The molecule has 0 saturated heterocycles. The average molecular weight is 112 g/mol. The third-order valence-corrected chi connectivity index (χ3v) is 0.454. The van der Waals surface area contributed by atoms with Gasteiger partial charge >= 0.3 is 29.6 Å². The second kappa shape index (κ2) is 6.47. The summed E-state index contributed by atoms with van der Waals surface area (Å²) in [4.78, 5) is 9.49. The molecule has 0 N–H and O–H groups in total. The molecule has 0 aliphatic rings. The van der Waals surface area contributed by atoms with Crippen molar-refractivity contribution in [3.05, 3.63) is 0 Å². The Kier molecular flexibility index (Phi) is 9.66. The summed E-state index contributed by atoms with van der Waals surface area (Å²) in [6.45, 7) is 1.80. The zero-order chi connectivity index (χ0) is 4.99. The molecule has 0 aliphatic carbocycles. The van der Waals surface area contributed by atoms with E-state index in [0.717, 1.165) is 0 Å². The molecule has 0 unspecified atom stereocenters. The molecule has 0 rings (SSSR count). The maximum Gasteiger partial charge on any atom is 1.00 e. The van der Waals surface area contributed by atoms with Gasteiger partial charge in [0.25, 0.3) is 0 Å². The van der Waals surface area contributed by atoms with E-state index >= 15 is 0 Å². The summed E-state index contributed by atoms with van der Waals surface area (Å²) in [5.74, 6) is -0.961. The topological polar surface area (TPSA) is 40.1 Å². The summed E-state index contributed by atoms with van der Waals surface area (Å²) in [5.41, 5.74) is 0. The molecule has 0 spiro atoms. The van der Waals surface area contributed by atoms with Gasteiger partial charge in [0, 0.05) is 5.97 Å². The Morgan fingerprint density at radius 1 is 1.71 bits per heavy atom. The first-order valence-electron chi connectivity index (χ1n) is 1.97. The molecule has 0 bridgehead atoms. The molecular weight excluding hydrogens is 105 g/mol. The van der Waals surface area contributed by atoms with Gasteiger partial charge in [-0.05, 0) is 6.42 Å². The van der Waals surface area contributed by atoms with Gasteiger partial charge in [-0.15, -0.1) is 0 Å². The van der Waals surface area contributed by atoms with Crippen molar-refractivity contribution in [2.24, 2.45) is 0 Å². The molecule has 0 saturated carbocycles. The molecule has 0 aromatic heterocycles. The fraction of sp³-hybridized carbons (Fsp3) is 0.750. The fourth-order valence-corrected chi connectivity index (χ4v) is 0.204.